The molecule has 0 bridgehead atoms. The molecule has 0 heterocycles. The summed E-state index contributed by atoms with van der Waals surface area (Å²) in [4.78, 5) is 35.5. The topological polar surface area (TPSA) is 87.3 Å². The lowest BCUT2D eigenvalue weighted by atomic mass is 10.1. The summed E-state index contributed by atoms with van der Waals surface area (Å²) >= 11 is 5.79. The number of hydrogen-bond acceptors (Lipinski definition) is 3. The number of amides is 3. The Labute approximate surface area is 169 Å². The lowest BCUT2D eigenvalue weighted by molar-refractivity contribution is -0.121. The second kappa shape index (κ2) is 10.5. The number of anilines is 1. The highest BCUT2D eigenvalue weighted by atomic mass is 35.5. The molecule has 7 heteroatoms. The van der Waals surface area contributed by atoms with E-state index in [2.05, 4.69) is 16.0 Å². The highest BCUT2D eigenvalue weighted by molar-refractivity contribution is 6.30. The van der Waals surface area contributed by atoms with Crippen molar-refractivity contribution in [2.75, 3.05) is 11.9 Å². The number of halogens is 1. The Hall–Kier alpha value is -2.86. The molecule has 0 saturated heterocycles. The maximum atomic E-state index is 12.0. The van der Waals surface area contributed by atoms with Gasteiger partial charge in [-0.25, -0.2) is 0 Å². The molecule has 28 heavy (non-hydrogen) atoms. The molecule has 0 spiro atoms. The summed E-state index contributed by atoms with van der Waals surface area (Å²) in [6.07, 6.45) is 0.182. The Balaban J connectivity index is 1.70. The molecule has 3 amide bonds. The molecule has 0 aromatic heterocycles. The van der Waals surface area contributed by atoms with Crippen molar-refractivity contribution in [2.24, 2.45) is 5.92 Å². The summed E-state index contributed by atoms with van der Waals surface area (Å²) in [5.74, 6) is -0.530. The van der Waals surface area contributed by atoms with Crippen molar-refractivity contribution in [3.8, 4) is 0 Å². The van der Waals surface area contributed by atoms with E-state index < -0.39 is 0 Å². The van der Waals surface area contributed by atoms with Crippen LogP contribution in [0.4, 0.5) is 5.69 Å². The number of carbonyl (C=O) groups excluding carboxylic acids is 3. The van der Waals surface area contributed by atoms with Gasteiger partial charge in [-0.15, -0.1) is 0 Å². The van der Waals surface area contributed by atoms with Gasteiger partial charge >= 0.3 is 0 Å². The summed E-state index contributed by atoms with van der Waals surface area (Å²) in [6, 6.07) is 13.8. The van der Waals surface area contributed by atoms with Crippen LogP contribution in [0.25, 0.3) is 0 Å². The van der Waals surface area contributed by atoms with E-state index in [0.717, 1.165) is 11.3 Å². The second-order valence-corrected chi connectivity index (χ2v) is 7.07. The van der Waals surface area contributed by atoms with Crippen LogP contribution in [0.3, 0.4) is 0 Å². The van der Waals surface area contributed by atoms with Crippen LogP contribution >= 0.6 is 11.6 Å². The number of nitrogens with one attached hydrogen (secondary N) is 3. The second-order valence-electron chi connectivity index (χ2n) is 6.63. The predicted molar refractivity (Wildman–Crippen MR) is 110 cm³/mol. The van der Waals surface area contributed by atoms with Gasteiger partial charge in [-0.3, -0.25) is 14.4 Å². The van der Waals surface area contributed by atoms with E-state index in [1.54, 1.807) is 36.4 Å². The van der Waals surface area contributed by atoms with E-state index >= 15 is 0 Å². The van der Waals surface area contributed by atoms with Gasteiger partial charge < -0.3 is 16.0 Å². The Morgan fingerprint density at radius 3 is 2.18 bits per heavy atom. The molecular formula is C21H24ClN3O3. The SMILES string of the molecule is CC(C)C(=O)Nc1ccc(CNC(=O)CCNC(=O)c2ccc(Cl)cc2)cc1. The van der Waals surface area contributed by atoms with E-state index in [0.29, 0.717) is 17.1 Å². The third kappa shape index (κ3) is 7.04. The van der Waals surface area contributed by atoms with E-state index in [1.807, 2.05) is 26.0 Å². The van der Waals surface area contributed by atoms with Crippen LogP contribution in [0.1, 0.15) is 36.2 Å². The van der Waals surface area contributed by atoms with Crippen molar-refractivity contribution >= 4 is 35.0 Å². The van der Waals surface area contributed by atoms with Gasteiger partial charge in [0.15, 0.2) is 0 Å². The lowest BCUT2D eigenvalue weighted by Gasteiger charge is -2.09. The maximum absolute atomic E-state index is 12.0. The molecule has 2 aromatic carbocycles. The smallest absolute Gasteiger partial charge is 0.251 e. The van der Waals surface area contributed by atoms with E-state index in [9.17, 15) is 14.4 Å². The molecule has 0 atom stereocenters. The van der Waals surface area contributed by atoms with Crippen LogP contribution in [0.2, 0.25) is 5.02 Å². The van der Waals surface area contributed by atoms with Gasteiger partial charge in [0.05, 0.1) is 0 Å². The zero-order valence-corrected chi connectivity index (χ0v) is 16.7. The fourth-order valence-electron chi connectivity index (χ4n) is 2.27. The largest absolute Gasteiger partial charge is 0.352 e. The molecule has 0 fully saturated rings. The number of rotatable bonds is 8. The summed E-state index contributed by atoms with van der Waals surface area (Å²) in [6.45, 7) is 4.28. The summed E-state index contributed by atoms with van der Waals surface area (Å²) < 4.78 is 0. The quantitative estimate of drug-likeness (QED) is 0.633. The number of benzene rings is 2. The molecule has 6 nitrogen and oxygen atoms in total. The maximum Gasteiger partial charge on any atom is 0.251 e. The van der Waals surface area contributed by atoms with Gasteiger partial charge in [0.1, 0.15) is 0 Å². The van der Waals surface area contributed by atoms with Crippen molar-refractivity contribution in [1.29, 1.82) is 0 Å². The third-order valence-electron chi connectivity index (χ3n) is 3.98. The van der Waals surface area contributed by atoms with Gasteiger partial charge in [0.2, 0.25) is 11.8 Å². The van der Waals surface area contributed by atoms with Crippen LogP contribution in [-0.4, -0.2) is 24.3 Å². The molecule has 148 valence electrons. The Bertz CT molecular complexity index is 818. The Kier molecular flexibility index (Phi) is 8.02. The van der Waals surface area contributed by atoms with Crippen molar-refractivity contribution in [1.82, 2.24) is 10.6 Å². The summed E-state index contributed by atoms with van der Waals surface area (Å²) in [5.41, 5.74) is 2.13. The van der Waals surface area contributed by atoms with Crippen LogP contribution < -0.4 is 16.0 Å². The molecule has 0 aliphatic rings. The fourth-order valence-corrected chi connectivity index (χ4v) is 2.40. The van der Waals surface area contributed by atoms with Gasteiger partial charge in [0.25, 0.3) is 5.91 Å². The van der Waals surface area contributed by atoms with Crippen molar-refractivity contribution in [3.05, 3.63) is 64.7 Å². The van der Waals surface area contributed by atoms with E-state index in [-0.39, 0.29) is 36.6 Å². The van der Waals surface area contributed by atoms with Crippen molar-refractivity contribution < 1.29 is 14.4 Å². The first-order valence-corrected chi connectivity index (χ1v) is 9.43. The molecule has 0 aliphatic heterocycles. The fraction of sp³-hybridized carbons (Fsp3) is 0.286. The molecular weight excluding hydrogens is 378 g/mol. The highest BCUT2D eigenvalue weighted by Crippen LogP contribution is 2.11. The molecule has 0 unspecified atom stereocenters. The average Bonchev–Trinajstić information content (AvgIpc) is 2.67. The van der Waals surface area contributed by atoms with Gasteiger partial charge in [-0.2, -0.15) is 0 Å². The highest BCUT2D eigenvalue weighted by Gasteiger charge is 2.08. The minimum absolute atomic E-state index is 0.0401. The van der Waals surface area contributed by atoms with Gasteiger partial charge in [-0.05, 0) is 42.0 Å². The normalized spacial score (nSPS) is 10.4. The van der Waals surface area contributed by atoms with Crippen LogP contribution in [0.15, 0.2) is 48.5 Å². The number of carbonyl (C=O) groups is 3. The standard InChI is InChI=1S/C21H24ClN3O3/c1-14(2)20(27)25-18-9-3-15(4-10-18)13-24-19(26)11-12-23-21(28)16-5-7-17(22)8-6-16/h3-10,14H,11-13H2,1-2H3,(H,23,28)(H,24,26)(H,25,27). The monoisotopic (exact) mass is 401 g/mol. The first-order chi connectivity index (χ1) is 13.3. The van der Waals surface area contributed by atoms with Crippen molar-refractivity contribution in [2.45, 2.75) is 26.8 Å². The first-order valence-electron chi connectivity index (χ1n) is 9.05. The first kappa shape index (κ1) is 21.4. The zero-order valence-electron chi connectivity index (χ0n) is 15.9. The summed E-state index contributed by atoms with van der Waals surface area (Å²) in [5, 5.41) is 8.88. The van der Waals surface area contributed by atoms with Crippen LogP contribution in [0.5, 0.6) is 0 Å². The lowest BCUT2D eigenvalue weighted by Crippen LogP contribution is -2.30. The van der Waals surface area contributed by atoms with E-state index in [4.69, 9.17) is 11.6 Å². The van der Waals surface area contributed by atoms with Gasteiger partial charge in [-0.1, -0.05) is 37.6 Å². The summed E-state index contributed by atoms with van der Waals surface area (Å²) in [7, 11) is 0. The molecule has 2 aromatic rings. The molecule has 0 aliphatic carbocycles. The Morgan fingerprint density at radius 1 is 0.929 bits per heavy atom. The predicted octanol–water partition coefficient (Wildman–Crippen LogP) is 3.37. The van der Waals surface area contributed by atoms with E-state index in [1.165, 1.54) is 0 Å². The molecule has 3 N–H and O–H groups in total. The zero-order chi connectivity index (χ0) is 20.5. The van der Waals surface area contributed by atoms with Crippen LogP contribution in [0, 0.1) is 5.92 Å². The number of hydrogen-bond donors (Lipinski definition) is 3. The minimum Gasteiger partial charge on any atom is -0.352 e. The minimum atomic E-state index is -0.247. The molecule has 0 saturated carbocycles. The van der Waals surface area contributed by atoms with Gasteiger partial charge in [0, 0.05) is 41.7 Å². The van der Waals surface area contributed by atoms with Crippen molar-refractivity contribution in [3.63, 3.8) is 0 Å². The average molecular weight is 402 g/mol. The third-order valence-corrected chi connectivity index (χ3v) is 4.23. The molecule has 0 radical (unpaired) electrons. The Morgan fingerprint density at radius 2 is 1.57 bits per heavy atom. The molecule has 2 rings (SSSR count). The van der Waals surface area contributed by atoms with Crippen LogP contribution in [-0.2, 0) is 16.1 Å².